The molecular formula is C30H36FN5O5. The minimum absolute atomic E-state index is 0.0785. The highest BCUT2D eigenvalue weighted by atomic mass is 19.1. The highest BCUT2D eigenvalue weighted by Crippen LogP contribution is 2.50. The predicted molar refractivity (Wildman–Crippen MR) is 150 cm³/mol. The Morgan fingerprint density at radius 2 is 1.95 bits per heavy atom. The molecule has 1 aromatic heterocycles. The van der Waals surface area contributed by atoms with Gasteiger partial charge < -0.3 is 19.7 Å². The molecule has 0 bridgehead atoms. The van der Waals surface area contributed by atoms with Gasteiger partial charge in [0.15, 0.2) is 11.6 Å². The summed E-state index contributed by atoms with van der Waals surface area (Å²) in [5.41, 5.74) is 1.70. The number of fused-ring (bicyclic) bond motifs is 4. The molecule has 1 aromatic carbocycles. The number of H-pyrrole nitrogens is 1. The maximum absolute atomic E-state index is 14.6. The fraction of sp³-hybridized carbons (Fsp3) is 0.500. The number of hydrogen-bond donors (Lipinski definition) is 2. The Bertz CT molecular complexity index is 1490. The Balaban J connectivity index is 1.31. The van der Waals surface area contributed by atoms with Crippen LogP contribution in [0.25, 0.3) is 10.9 Å². The summed E-state index contributed by atoms with van der Waals surface area (Å²) in [6.07, 6.45) is 5.69. The minimum Gasteiger partial charge on any atom is -0.512 e. The molecule has 6 rings (SSSR count). The number of urea groups is 1. The molecule has 0 saturated carbocycles. The van der Waals surface area contributed by atoms with Crippen molar-refractivity contribution in [3.05, 3.63) is 52.7 Å². The highest BCUT2D eigenvalue weighted by molar-refractivity contribution is 6.08. The molecule has 2 atom stereocenters. The van der Waals surface area contributed by atoms with Crippen molar-refractivity contribution >= 4 is 28.7 Å². The molecule has 10 nitrogen and oxygen atoms in total. The number of piperazine rings is 1. The van der Waals surface area contributed by atoms with Crippen LogP contribution in [0.2, 0.25) is 0 Å². The number of hydrogen-bond acceptors (Lipinski definition) is 6. The average molecular weight is 566 g/mol. The summed E-state index contributed by atoms with van der Waals surface area (Å²) in [5, 5.41) is 11.1. The molecule has 2 aromatic rings. The Labute approximate surface area is 238 Å². The molecule has 3 aliphatic heterocycles. The zero-order valence-corrected chi connectivity index (χ0v) is 23.7. The number of halogens is 1. The van der Waals surface area contributed by atoms with Gasteiger partial charge >= 0.3 is 6.03 Å². The molecule has 2 N–H and O–H groups in total. The second-order valence-electron chi connectivity index (χ2n) is 11.6. The van der Waals surface area contributed by atoms with E-state index >= 15 is 0 Å². The lowest BCUT2D eigenvalue weighted by Gasteiger charge is -2.43. The van der Waals surface area contributed by atoms with Crippen LogP contribution < -0.4 is 4.74 Å². The number of amides is 4. The van der Waals surface area contributed by atoms with Crippen LogP contribution >= 0.6 is 0 Å². The summed E-state index contributed by atoms with van der Waals surface area (Å²) in [5.74, 6) is -0.350. The first-order chi connectivity index (χ1) is 19.6. The number of benzene rings is 1. The molecule has 218 valence electrons. The number of nitrogens with zero attached hydrogens (tertiary/aromatic N) is 4. The van der Waals surface area contributed by atoms with E-state index in [1.165, 1.54) is 18.1 Å². The zero-order chi connectivity index (χ0) is 29.1. The van der Waals surface area contributed by atoms with Crippen LogP contribution in [0.3, 0.4) is 0 Å². The number of nitrogens with one attached hydrogen (secondary N) is 1. The molecule has 1 aliphatic carbocycles. The van der Waals surface area contributed by atoms with Crippen LogP contribution in [0.4, 0.5) is 9.18 Å². The van der Waals surface area contributed by atoms with Gasteiger partial charge in [-0.25, -0.2) is 9.18 Å². The lowest BCUT2D eigenvalue weighted by molar-refractivity contribution is -0.133. The van der Waals surface area contributed by atoms with Gasteiger partial charge in [0, 0.05) is 75.2 Å². The van der Waals surface area contributed by atoms with Gasteiger partial charge in [-0.2, -0.15) is 0 Å². The number of aliphatic hydroxyl groups is 1. The van der Waals surface area contributed by atoms with E-state index in [1.54, 1.807) is 30.9 Å². The van der Waals surface area contributed by atoms with Gasteiger partial charge in [0.25, 0.3) is 5.91 Å². The number of imide groups is 1. The number of carbonyl (C=O) groups excluding carboxylic acids is 3. The van der Waals surface area contributed by atoms with Gasteiger partial charge in [-0.15, -0.1) is 0 Å². The third-order valence-corrected chi connectivity index (χ3v) is 9.04. The Kier molecular flexibility index (Phi) is 6.80. The first kappa shape index (κ1) is 27.3. The molecule has 11 heteroatoms. The van der Waals surface area contributed by atoms with E-state index in [1.807, 2.05) is 11.0 Å². The van der Waals surface area contributed by atoms with Crippen molar-refractivity contribution in [3.8, 4) is 5.75 Å². The van der Waals surface area contributed by atoms with E-state index in [9.17, 15) is 23.9 Å². The number of rotatable bonds is 6. The van der Waals surface area contributed by atoms with E-state index in [0.29, 0.717) is 43.6 Å². The van der Waals surface area contributed by atoms with E-state index in [4.69, 9.17) is 4.74 Å². The number of carbonyl (C=O) groups is 3. The zero-order valence-electron chi connectivity index (χ0n) is 23.7. The van der Waals surface area contributed by atoms with Gasteiger partial charge in [-0.05, 0) is 49.6 Å². The van der Waals surface area contributed by atoms with Crippen molar-refractivity contribution in [1.82, 2.24) is 24.6 Å². The third-order valence-electron chi connectivity index (χ3n) is 9.04. The molecule has 2 fully saturated rings. The molecule has 4 heterocycles. The second kappa shape index (κ2) is 10.2. The van der Waals surface area contributed by atoms with Crippen LogP contribution in [-0.2, 0) is 16.0 Å². The molecule has 4 amide bonds. The van der Waals surface area contributed by atoms with Crippen LogP contribution in [0.1, 0.15) is 50.4 Å². The number of aromatic amines is 1. The standard InChI is InChI=1S/C30H36FN5O5/c1-18(37)34-12-10-33(11-13-34)8-5-9-35-28(39)30(2)17-22-21-15-25(41-3)23(31)16-24(21)32-26(22)27(36(30)29(35)40)19-6-4-7-20(38)14-19/h6,14-16,27,32,38H,4-5,7-13,17H2,1-3H3/t27-,30+/m1/s1. The largest absolute Gasteiger partial charge is 0.512 e. The number of aliphatic hydroxyl groups excluding tert-OH is 1. The lowest BCUT2D eigenvalue weighted by Crippen LogP contribution is -2.53. The summed E-state index contributed by atoms with van der Waals surface area (Å²) < 4.78 is 19.9. The summed E-state index contributed by atoms with van der Waals surface area (Å²) in [4.78, 5) is 50.1. The van der Waals surface area contributed by atoms with Crippen molar-refractivity contribution in [2.45, 2.75) is 51.1 Å². The first-order valence-corrected chi connectivity index (χ1v) is 14.2. The van der Waals surface area contributed by atoms with E-state index in [0.717, 1.165) is 36.2 Å². The maximum Gasteiger partial charge on any atom is 0.328 e. The molecule has 4 aliphatic rings. The van der Waals surface area contributed by atoms with Gasteiger partial charge in [-0.3, -0.25) is 24.3 Å². The monoisotopic (exact) mass is 565 g/mol. The van der Waals surface area contributed by atoms with Crippen molar-refractivity contribution in [2.75, 3.05) is 46.4 Å². The average Bonchev–Trinajstić information content (AvgIpc) is 3.38. The Hall–Kier alpha value is -3.86. The van der Waals surface area contributed by atoms with E-state index in [-0.39, 0.29) is 42.3 Å². The molecule has 0 spiro atoms. The predicted octanol–water partition coefficient (Wildman–Crippen LogP) is 3.65. The summed E-state index contributed by atoms with van der Waals surface area (Å²) in [7, 11) is 1.41. The molecule has 0 unspecified atom stereocenters. The molecular weight excluding hydrogens is 529 g/mol. The first-order valence-electron chi connectivity index (χ1n) is 14.2. The molecule has 41 heavy (non-hydrogen) atoms. The second-order valence-corrected chi connectivity index (χ2v) is 11.6. The van der Waals surface area contributed by atoms with Crippen LogP contribution in [0.5, 0.6) is 5.75 Å². The number of allylic oxidation sites excluding steroid dienone is 2. The van der Waals surface area contributed by atoms with Crippen molar-refractivity contribution in [2.24, 2.45) is 0 Å². The quantitative estimate of drug-likeness (QED) is 0.518. The molecule has 0 radical (unpaired) electrons. The van der Waals surface area contributed by atoms with Crippen molar-refractivity contribution in [3.63, 3.8) is 0 Å². The Morgan fingerprint density at radius 1 is 1.20 bits per heavy atom. The maximum atomic E-state index is 14.6. The summed E-state index contributed by atoms with van der Waals surface area (Å²) in [6.45, 7) is 7.29. The topological polar surface area (TPSA) is 109 Å². The normalized spacial score (nSPS) is 24.9. The lowest BCUT2D eigenvalue weighted by atomic mass is 9.80. The van der Waals surface area contributed by atoms with E-state index in [2.05, 4.69) is 9.88 Å². The number of ether oxygens (including phenoxy) is 1. The third kappa shape index (κ3) is 4.46. The van der Waals surface area contributed by atoms with Crippen molar-refractivity contribution < 1.29 is 28.6 Å². The van der Waals surface area contributed by atoms with Crippen molar-refractivity contribution in [1.29, 1.82) is 0 Å². The highest BCUT2D eigenvalue weighted by Gasteiger charge is 2.60. The van der Waals surface area contributed by atoms with Crippen LogP contribution in [-0.4, -0.2) is 99.5 Å². The van der Waals surface area contributed by atoms with Gasteiger partial charge in [0.1, 0.15) is 11.6 Å². The van der Waals surface area contributed by atoms with Gasteiger partial charge in [0.2, 0.25) is 5.91 Å². The van der Waals surface area contributed by atoms with Gasteiger partial charge in [0.05, 0.1) is 12.9 Å². The fourth-order valence-electron chi connectivity index (χ4n) is 6.86. The summed E-state index contributed by atoms with van der Waals surface area (Å²) in [6, 6.07) is 2.01. The smallest absolute Gasteiger partial charge is 0.328 e. The van der Waals surface area contributed by atoms with Crippen LogP contribution in [0.15, 0.2) is 35.6 Å². The fourth-order valence-corrected chi connectivity index (χ4v) is 6.86. The van der Waals surface area contributed by atoms with Crippen LogP contribution in [0, 0.1) is 5.82 Å². The van der Waals surface area contributed by atoms with Gasteiger partial charge in [-0.1, -0.05) is 6.08 Å². The SMILES string of the molecule is COc1cc2c3c([nH]c2cc1F)[C@@H](C1=CCCC(O)=C1)N1C(=O)N(CCCN2CCN(C(C)=O)CC2)C(=O)[C@]1(C)C3. The Morgan fingerprint density at radius 3 is 2.63 bits per heavy atom. The number of aromatic nitrogens is 1. The summed E-state index contributed by atoms with van der Waals surface area (Å²) >= 11 is 0. The number of methoxy groups -OCH3 is 1. The van der Waals surface area contributed by atoms with E-state index < -0.39 is 17.4 Å². The minimum atomic E-state index is -1.15. The molecule has 2 saturated heterocycles.